The van der Waals surface area contributed by atoms with Crippen molar-refractivity contribution < 1.29 is 27.9 Å². The molecule has 20 heavy (non-hydrogen) atoms. The summed E-state index contributed by atoms with van der Waals surface area (Å²) in [4.78, 5) is 22.4. The highest BCUT2D eigenvalue weighted by atomic mass is 19.4. The van der Waals surface area contributed by atoms with E-state index in [1.54, 1.807) is 36.5 Å². The van der Waals surface area contributed by atoms with Gasteiger partial charge in [0.05, 0.1) is 6.42 Å². The zero-order valence-electron chi connectivity index (χ0n) is 10.9. The van der Waals surface area contributed by atoms with Gasteiger partial charge in [-0.15, -0.1) is 0 Å². The van der Waals surface area contributed by atoms with E-state index >= 15 is 0 Å². The Bertz CT molecular complexity index is 528. The molecule has 1 aromatic rings. The molecule has 110 valence electrons. The van der Waals surface area contributed by atoms with Crippen LogP contribution in [-0.4, -0.2) is 28.7 Å². The first-order valence-corrected chi connectivity index (χ1v) is 5.73. The summed E-state index contributed by atoms with van der Waals surface area (Å²) in [6, 6.07) is 6.69. The summed E-state index contributed by atoms with van der Waals surface area (Å²) in [6.45, 7) is 2.13. The van der Waals surface area contributed by atoms with Crippen molar-refractivity contribution in [3.05, 3.63) is 35.4 Å². The lowest BCUT2D eigenvalue weighted by Gasteiger charge is -2.28. The van der Waals surface area contributed by atoms with Crippen molar-refractivity contribution in [2.75, 3.05) is 0 Å². The van der Waals surface area contributed by atoms with Crippen LogP contribution in [0.2, 0.25) is 0 Å². The van der Waals surface area contributed by atoms with Gasteiger partial charge in [-0.05, 0) is 25.0 Å². The van der Waals surface area contributed by atoms with Gasteiger partial charge in [-0.25, -0.2) is 4.79 Å². The van der Waals surface area contributed by atoms with Crippen molar-refractivity contribution in [1.82, 2.24) is 5.32 Å². The standard InChI is InChI=1S/C13H14F3NO3/c1-8-5-3-4-6-9(8)7-10(18)17-12(2,11(19)20)13(14,15)16/h3-6H,7H2,1-2H3,(H,17,18)(H,19,20). The Kier molecular flexibility index (Phi) is 4.42. The number of rotatable bonds is 4. The smallest absolute Gasteiger partial charge is 0.422 e. The van der Waals surface area contributed by atoms with E-state index < -0.39 is 23.6 Å². The zero-order chi connectivity index (χ0) is 15.6. The van der Waals surface area contributed by atoms with E-state index in [-0.39, 0.29) is 6.42 Å². The summed E-state index contributed by atoms with van der Waals surface area (Å²) in [5.74, 6) is -3.15. The Morgan fingerprint density at radius 2 is 1.80 bits per heavy atom. The Hall–Kier alpha value is -2.05. The number of alkyl halides is 3. The SMILES string of the molecule is Cc1ccccc1CC(=O)NC(C)(C(=O)O)C(F)(F)F. The molecule has 0 saturated carbocycles. The largest absolute Gasteiger partial charge is 0.479 e. The molecule has 4 nitrogen and oxygen atoms in total. The number of carbonyl (C=O) groups excluding carboxylic acids is 1. The molecule has 1 aromatic carbocycles. The van der Waals surface area contributed by atoms with Gasteiger partial charge in [-0.1, -0.05) is 24.3 Å². The maximum absolute atomic E-state index is 12.7. The highest BCUT2D eigenvalue weighted by Crippen LogP contribution is 2.30. The second kappa shape index (κ2) is 5.52. The van der Waals surface area contributed by atoms with E-state index in [9.17, 15) is 22.8 Å². The Morgan fingerprint density at radius 1 is 1.25 bits per heavy atom. The lowest BCUT2D eigenvalue weighted by atomic mass is 10.0. The van der Waals surface area contributed by atoms with Gasteiger partial charge in [0, 0.05) is 0 Å². The lowest BCUT2D eigenvalue weighted by molar-refractivity contribution is -0.206. The van der Waals surface area contributed by atoms with E-state index in [4.69, 9.17) is 5.11 Å². The van der Waals surface area contributed by atoms with Gasteiger partial charge in [-0.2, -0.15) is 13.2 Å². The van der Waals surface area contributed by atoms with Crippen LogP contribution in [0.15, 0.2) is 24.3 Å². The molecular formula is C13H14F3NO3. The number of halogens is 3. The summed E-state index contributed by atoms with van der Waals surface area (Å²) in [6.07, 6.45) is -5.40. The first-order chi connectivity index (χ1) is 9.08. The van der Waals surface area contributed by atoms with Crippen molar-refractivity contribution in [3.63, 3.8) is 0 Å². The van der Waals surface area contributed by atoms with Crippen LogP contribution in [0.1, 0.15) is 18.1 Å². The van der Waals surface area contributed by atoms with Crippen molar-refractivity contribution in [3.8, 4) is 0 Å². The molecule has 0 radical (unpaired) electrons. The zero-order valence-corrected chi connectivity index (χ0v) is 10.9. The first kappa shape index (κ1) is 16.0. The van der Waals surface area contributed by atoms with Gasteiger partial charge in [-0.3, -0.25) is 4.79 Å². The number of benzene rings is 1. The van der Waals surface area contributed by atoms with Crippen LogP contribution in [0, 0.1) is 6.92 Å². The van der Waals surface area contributed by atoms with Crippen LogP contribution in [-0.2, 0) is 16.0 Å². The molecular weight excluding hydrogens is 275 g/mol. The molecule has 0 aromatic heterocycles. The van der Waals surface area contributed by atoms with Crippen LogP contribution in [0.3, 0.4) is 0 Å². The number of aliphatic carboxylic acids is 1. The minimum Gasteiger partial charge on any atom is -0.479 e. The van der Waals surface area contributed by atoms with Gasteiger partial charge >= 0.3 is 12.1 Å². The van der Waals surface area contributed by atoms with Crippen LogP contribution in [0.5, 0.6) is 0 Å². The number of aryl methyl sites for hydroxylation is 1. The molecule has 0 aliphatic heterocycles. The highest BCUT2D eigenvalue weighted by Gasteiger charge is 2.58. The van der Waals surface area contributed by atoms with Crippen LogP contribution in [0.4, 0.5) is 13.2 Å². The maximum Gasteiger partial charge on any atom is 0.422 e. The summed E-state index contributed by atoms with van der Waals surface area (Å²) >= 11 is 0. The fraction of sp³-hybridized carbons (Fsp3) is 0.385. The van der Waals surface area contributed by atoms with Crippen molar-refractivity contribution in [2.24, 2.45) is 0 Å². The van der Waals surface area contributed by atoms with Gasteiger partial charge < -0.3 is 10.4 Å². The number of hydrogen-bond acceptors (Lipinski definition) is 2. The van der Waals surface area contributed by atoms with Crippen LogP contribution >= 0.6 is 0 Å². The average Bonchev–Trinajstić information content (AvgIpc) is 2.30. The molecule has 1 amide bonds. The van der Waals surface area contributed by atoms with E-state index in [0.717, 1.165) is 5.56 Å². The molecule has 1 rings (SSSR count). The first-order valence-electron chi connectivity index (χ1n) is 5.73. The van der Waals surface area contributed by atoms with E-state index in [2.05, 4.69) is 0 Å². The number of carboxylic acid groups (broad SMARTS) is 1. The fourth-order valence-corrected chi connectivity index (χ4v) is 1.55. The number of carboxylic acids is 1. The molecule has 1 unspecified atom stereocenters. The maximum atomic E-state index is 12.7. The highest BCUT2D eigenvalue weighted by molar-refractivity contribution is 5.88. The number of carbonyl (C=O) groups is 2. The Labute approximate surface area is 113 Å². The molecule has 0 heterocycles. The second-order valence-electron chi connectivity index (χ2n) is 4.58. The molecule has 0 saturated heterocycles. The third-order valence-electron chi connectivity index (χ3n) is 3.00. The summed E-state index contributed by atoms with van der Waals surface area (Å²) in [7, 11) is 0. The van der Waals surface area contributed by atoms with E-state index in [1.807, 2.05) is 0 Å². The van der Waals surface area contributed by atoms with Gasteiger partial charge in [0.1, 0.15) is 0 Å². The predicted molar refractivity (Wildman–Crippen MR) is 65.1 cm³/mol. The minimum atomic E-state index is -5.08. The van der Waals surface area contributed by atoms with Crippen molar-refractivity contribution in [2.45, 2.75) is 32.0 Å². The fourth-order valence-electron chi connectivity index (χ4n) is 1.55. The number of nitrogens with one attached hydrogen (secondary N) is 1. The molecule has 1 atom stereocenters. The molecule has 7 heteroatoms. The molecule has 0 fully saturated rings. The third kappa shape index (κ3) is 3.28. The van der Waals surface area contributed by atoms with Crippen molar-refractivity contribution in [1.29, 1.82) is 0 Å². The second-order valence-corrected chi connectivity index (χ2v) is 4.58. The monoisotopic (exact) mass is 289 g/mol. The molecule has 0 spiro atoms. The van der Waals surface area contributed by atoms with Gasteiger partial charge in [0.2, 0.25) is 11.4 Å². The topological polar surface area (TPSA) is 66.4 Å². The summed E-state index contributed by atoms with van der Waals surface area (Å²) in [5.41, 5.74) is -2.01. The lowest BCUT2D eigenvalue weighted by Crippen LogP contribution is -2.62. The Balaban J connectivity index is 2.89. The summed E-state index contributed by atoms with van der Waals surface area (Å²) in [5, 5.41) is 10.2. The third-order valence-corrected chi connectivity index (χ3v) is 3.00. The van der Waals surface area contributed by atoms with Gasteiger partial charge in [0.15, 0.2) is 0 Å². The Morgan fingerprint density at radius 3 is 2.25 bits per heavy atom. The van der Waals surface area contributed by atoms with E-state index in [0.29, 0.717) is 12.5 Å². The van der Waals surface area contributed by atoms with Crippen molar-refractivity contribution >= 4 is 11.9 Å². The molecule has 0 aliphatic carbocycles. The van der Waals surface area contributed by atoms with Crippen LogP contribution in [0.25, 0.3) is 0 Å². The number of hydrogen-bond donors (Lipinski definition) is 2. The van der Waals surface area contributed by atoms with E-state index in [1.165, 1.54) is 0 Å². The molecule has 0 bridgehead atoms. The number of amides is 1. The predicted octanol–water partition coefficient (Wildman–Crippen LogP) is 2.06. The normalized spacial score (nSPS) is 14.4. The summed E-state index contributed by atoms with van der Waals surface area (Å²) < 4.78 is 38.2. The van der Waals surface area contributed by atoms with Crippen LogP contribution < -0.4 is 5.32 Å². The quantitative estimate of drug-likeness (QED) is 0.891. The van der Waals surface area contributed by atoms with Gasteiger partial charge in [0.25, 0.3) is 0 Å². The molecule has 2 N–H and O–H groups in total. The minimum absolute atomic E-state index is 0.314. The average molecular weight is 289 g/mol. The molecule has 0 aliphatic rings.